The first-order valence-electron chi connectivity index (χ1n) is 7.64. The summed E-state index contributed by atoms with van der Waals surface area (Å²) in [6, 6.07) is 7.37. The molecule has 24 heavy (non-hydrogen) atoms. The van der Waals surface area contributed by atoms with Gasteiger partial charge in [0.25, 0.3) is 11.8 Å². The van der Waals surface area contributed by atoms with Gasteiger partial charge in [-0.15, -0.1) is 0 Å². The van der Waals surface area contributed by atoms with Gasteiger partial charge >= 0.3 is 0 Å². The molecule has 0 aliphatic heterocycles. The highest BCUT2D eigenvalue weighted by Crippen LogP contribution is 2.21. The van der Waals surface area contributed by atoms with E-state index >= 15 is 0 Å². The van der Waals surface area contributed by atoms with Crippen LogP contribution < -0.4 is 15.6 Å². The second kappa shape index (κ2) is 7.63. The van der Waals surface area contributed by atoms with Crippen molar-refractivity contribution in [3.63, 3.8) is 0 Å². The topological polar surface area (TPSA) is 93.5 Å². The Bertz CT molecular complexity index is 737. The van der Waals surface area contributed by atoms with Crippen molar-refractivity contribution in [1.82, 2.24) is 16.0 Å². The van der Waals surface area contributed by atoms with E-state index in [1.807, 2.05) is 39.0 Å². The van der Waals surface area contributed by atoms with Gasteiger partial charge < -0.3 is 9.26 Å². The maximum absolute atomic E-state index is 12.2. The van der Waals surface area contributed by atoms with Crippen LogP contribution in [0.5, 0.6) is 5.75 Å². The lowest BCUT2D eigenvalue weighted by atomic mass is 10.1. The average molecular weight is 331 g/mol. The van der Waals surface area contributed by atoms with Crippen molar-refractivity contribution < 1.29 is 18.8 Å². The third-order valence-corrected chi connectivity index (χ3v) is 3.41. The molecular formula is C17H21N3O4. The first kappa shape index (κ1) is 17.5. The molecule has 2 amide bonds. The molecule has 0 aliphatic rings. The third-order valence-electron chi connectivity index (χ3n) is 3.41. The van der Waals surface area contributed by atoms with Crippen LogP contribution in [-0.4, -0.2) is 23.6 Å². The molecule has 2 rings (SSSR count). The summed E-state index contributed by atoms with van der Waals surface area (Å²) in [5.41, 5.74) is 6.41. The number of hydrogen-bond acceptors (Lipinski definition) is 5. The number of carbonyl (C=O) groups is 2. The molecule has 0 spiro atoms. The van der Waals surface area contributed by atoms with E-state index in [1.54, 1.807) is 13.0 Å². The van der Waals surface area contributed by atoms with Crippen molar-refractivity contribution in [2.24, 2.45) is 0 Å². The number of nitrogens with one attached hydrogen (secondary N) is 2. The standard InChI is InChI=1S/C17H21N3O4/c1-10(2)16-15(12(4)20-24-16)17(22)19-18-14(21)9-23-13-8-6-5-7-11(13)3/h5-8,10H,9H2,1-4H3,(H,18,21)(H,19,22). The maximum atomic E-state index is 12.2. The molecule has 1 aromatic heterocycles. The second-order valence-electron chi connectivity index (χ2n) is 5.72. The minimum atomic E-state index is -0.471. The van der Waals surface area contributed by atoms with Crippen LogP contribution in [0.25, 0.3) is 0 Å². The summed E-state index contributed by atoms with van der Waals surface area (Å²) >= 11 is 0. The fourth-order valence-corrected chi connectivity index (χ4v) is 2.14. The van der Waals surface area contributed by atoms with Crippen LogP contribution in [0.3, 0.4) is 0 Å². The number of ether oxygens (including phenoxy) is 1. The van der Waals surface area contributed by atoms with Crippen molar-refractivity contribution in [2.75, 3.05) is 6.61 Å². The van der Waals surface area contributed by atoms with Gasteiger partial charge in [0, 0.05) is 5.92 Å². The highest BCUT2D eigenvalue weighted by atomic mass is 16.5. The molecular weight excluding hydrogens is 310 g/mol. The number of rotatable bonds is 5. The van der Waals surface area contributed by atoms with E-state index in [1.165, 1.54) is 0 Å². The molecule has 0 unspecified atom stereocenters. The Morgan fingerprint density at radius 3 is 2.58 bits per heavy atom. The van der Waals surface area contributed by atoms with Crippen molar-refractivity contribution in [1.29, 1.82) is 0 Å². The molecule has 2 N–H and O–H groups in total. The number of aromatic nitrogens is 1. The fraction of sp³-hybridized carbons (Fsp3) is 0.353. The Balaban J connectivity index is 1.89. The van der Waals surface area contributed by atoms with Crippen LogP contribution in [0.1, 0.15) is 47.1 Å². The molecule has 0 radical (unpaired) electrons. The minimum Gasteiger partial charge on any atom is -0.483 e. The minimum absolute atomic E-state index is 0.00652. The van der Waals surface area contributed by atoms with E-state index in [-0.39, 0.29) is 12.5 Å². The zero-order chi connectivity index (χ0) is 17.7. The van der Waals surface area contributed by atoms with Gasteiger partial charge in [-0.2, -0.15) is 0 Å². The van der Waals surface area contributed by atoms with Gasteiger partial charge in [0.05, 0.1) is 5.69 Å². The lowest BCUT2D eigenvalue weighted by Crippen LogP contribution is -2.44. The molecule has 1 aromatic carbocycles. The molecule has 1 heterocycles. The summed E-state index contributed by atoms with van der Waals surface area (Å²) in [5.74, 6) is 0.173. The average Bonchev–Trinajstić information content (AvgIpc) is 2.94. The largest absolute Gasteiger partial charge is 0.483 e. The van der Waals surface area contributed by atoms with Crippen molar-refractivity contribution in [3.05, 3.63) is 46.8 Å². The molecule has 0 saturated carbocycles. The summed E-state index contributed by atoms with van der Waals surface area (Å²) in [5, 5.41) is 3.80. The van der Waals surface area contributed by atoms with Gasteiger partial charge in [0.2, 0.25) is 0 Å². The highest BCUT2D eigenvalue weighted by Gasteiger charge is 2.22. The van der Waals surface area contributed by atoms with Crippen molar-refractivity contribution in [3.8, 4) is 5.75 Å². The van der Waals surface area contributed by atoms with Crippen LogP contribution in [0.15, 0.2) is 28.8 Å². The van der Waals surface area contributed by atoms with E-state index < -0.39 is 11.8 Å². The summed E-state index contributed by atoms with van der Waals surface area (Å²) in [6.07, 6.45) is 0. The van der Waals surface area contributed by atoms with E-state index in [9.17, 15) is 9.59 Å². The number of hydrogen-bond donors (Lipinski definition) is 2. The number of carbonyl (C=O) groups excluding carboxylic acids is 2. The molecule has 0 bridgehead atoms. The highest BCUT2D eigenvalue weighted by molar-refractivity contribution is 5.97. The molecule has 0 atom stereocenters. The number of aryl methyl sites for hydroxylation is 2. The van der Waals surface area contributed by atoms with Crippen LogP contribution >= 0.6 is 0 Å². The lowest BCUT2D eigenvalue weighted by molar-refractivity contribution is -0.123. The Kier molecular flexibility index (Phi) is 5.57. The first-order chi connectivity index (χ1) is 11.4. The van der Waals surface area contributed by atoms with Crippen molar-refractivity contribution >= 4 is 11.8 Å². The number of benzene rings is 1. The summed E-state index contributed by atoms with van der Waals surface area (Å²) in [4.78, 5) is 24.0. The summed E-state index contributed by atoms with van der Waals surface area (Å²) in [6.45, 7) is 7.14. The fourth-order valence-electron chi connectivity index (χ4n) is 2.14. The van der Waals surface area contributed by atoms with Crippen LogP contribution in [0.4, 0.5) is 0 Å². The van der Waals surface area contributed by atoms with Gasteiger partial charge in [-0.3, -0.25) is 20.4 Å². The van der Waals surface area contributed by atoms with Crippen LogP contribution in [0, 0.1) is 13.8 Å². The van der Waals surface area contributed by atoms with Gasteiger partial charge in [-0.1, -0.05) is 37.2 Å². The molecule has 128 valence electrons. The van der Waals surface area contributed by atoms with E-state index in [4.69, 9.17) is 9.26 Å². The van der Waals surface area contributed by atoms with E-state index in [0.717, 1.165) is 5.56 Å². The number of nitrogens with zero attached hydrogens (tertiary/aromatic N) is 1. The summed E-state index contributed by atoms with van der Waals surface area (Å²) in [7, 11) is 0. The maximum Gasteiger partial charge on any atom is 0.276 e. The SMILES string of the molecule is Cc1ccccc1OCC(=O)NNC(=O)c1c(C)noc1C(C)C. The second-order valence-corrected chi connectivity index (χ2v) is 5.72. The van der Waals surface area contributed by atoms with Crippen LogP contribution in [-0.2, 0) is 4.79 Å². The Morgan fingerprint density at radius 1 is 1.21 bits per heavy atom. The monoisotopic (exact) mass is 331 g/mol. The molecule has 2 aromatic rings. The molecule has 7 nitrogen and oxygen atoms in total. The zero-order valence-electron chi connectivity index (χ0n) is 14.2. The number of para-hydroxylation sites is 1. The van der Waals surface area contributed by atoms with E-state index in [0.29, 0.717) is 22.8 Å². The molecule has 0 aliphatic carbocycles. The number of amides is 2. The van der Waals surface area contributed by atoms with Gasteiger partial charge in [-0.25, -0.2) is 0 Å². The first-order valence-corrected chi connectivity index (χ1v) is 7.64. The van der Waals surface area contributed by atoms with Crippen molar-refractivity contribution in [2.45, 2.75) is 33.6 Å². The molecule has 0 fully saturated rings. The molecule has 7 heteroatoms. The summed E-state index contributed by atoms with van der Waals surface area (Å²) < 4.78 is 10.6. The van der Waals surface area contributed by atoms with Gasteiger partial charge in [-0.05, 0) is 25.5 Å². The van der Waals surface area contributed by atoms with E-state index in [2.05, 4.69) is 16.0 Å². The van der Waals surface area contributed by atoms with Crippen LogP contribution in [0.2, 0.25) is 0 Å². The molecule has 0 saturated heterocycles. The van der Waals surface area contributed by atoms with Gasteiger partial charge in [0.15, 0.2) is 12.4 Å². The quantitative estimate of drug-likeness (QED) is 0.820. The third kappa shape index (κ3) is 4.13. The Labute approximate surface area is 140 Å². The predicted molar refractivity (Wildman–Crippen MR) is 87.6 cm³/mol. The lowest BCUT2D eigenvalue weighted by Gasteiger charge is -2.10. The Hall–Kier alpha value is -2.83. The zero-order valence-corrected chi connectivity index (χ0v) is 14.2. The smallest absolute Gasteiger partial charge is 0.276 e. The predicted octanol–water partition coefficient (Wildman–Crippen LogP) is 2.25. The van der Waals surface area contributed by atoms with Gasteiger partial charge in [0.1, 0.15) is 11.3 Å². The Morgan fingerprint density at radius 2 is 1.92 bits per heavy atom. The normalized spacial score (nSPS) is 10.5. The number of hydrazine groups is 1.